The molecule has 3 atom stereocenters. The summed E-state index contributed by atoms with van der Waals surface area (Å²) in [4.78, 5) is 16.8. The van der Waals surface area contributed by atoms with E-state index in [1.54, 1.807) is 0 Å². The van der Waals surface area contributed by atoms with Crippen LogP contribution in [0.2, 0.25) is 0 Å². The molecule has 5 rings (SSSR count). The van der Waals surface area contributed by atoms with Crippen LogP contribution in [0.3, 0.4) is 0 Å². The first-order valence-electron chi connectivity index (χ1n) is 11.1. The van der Waals surface area contributed by atoms with Gasteiger partial charge in [-0.1, -0.05) is 31.2 Å². The lowest BCUT2D eigenvalue weighted by atomic mass is 9.77. The largest absolute Gasteiger partial charge is 0.483 e. The van der Waals surface area contributed by atoms with Crippen LogP contribution in [0, 0.1) is 12.8 Å². The second-order valence-electron chi connectivity index (χ2n) is 9.20. The Balaban J connectivity index is 1.70. The molecular formula is C25H30N4O2. The molecule has 0 spiro atoms. The number of benzene rings is 2. The maximum absolute atomic E-state index is 12.4. The standard InChI is InChI=1S/C25H30N4O2/c1-15-7-5-6-8-18(15)21-12-23-22(11-20(21)19-9-10-28(4)13-16(19)2)29-17(3)25(30)27-26-24(29)14-31-23/h5-8,11-12,16-17,19H,9-10,13-14H2,1-4H3,(H,27,30)/t16-,17?,19+/m0/s1. The summed E-state index contributed by atoms with van der Waals surface area (Å²) in [5.41, 5.74) is 8.66. The van der Waals surface area contributed by atoms with Crippen LogP contribution >= 0.6 is 0 Å². The van der Waals surface area contributed by atoms with Crippen LogP contribution in [-0.4, -0.2) is 49.4 Å². The number of hydrazone groups is 1. The lowest BCUT2D eigenvalue weighted by Crippen LogP contribution is -2.55. The fourth-order valence-corrected chi connectivity index (χ4v) is 5.32. The highest BCUT2D eigenvalue weighted by molar-refractivity contribution is 6.09. The zero-order chi connectivity index (χ0) is 21.7. The van der Waals surface area contributed by atoms with Crippen molar-refractivity contribution in [2.75, 3.05) is 31.6 Å². The maximum atomic E-state index is 12.4. The van der Waals surface area contributed by atoms with Gasteiger partial charge in [0.2, 0.25) is 0 Å². The van der Waals surface area contributed by atoms with Gasteiger partial charge in [-0.2, -0.15) is 5.10 Å². The van der Waals surface area contributed by atoms with E-state index in [0.29, 0.717) is 18.4 Å². The minimum atomic E-state index is -0.317. The van der Waals surface area contributed by atoms with E-state index in [1.807, 2.05) is 11.8 Å². The first-order valence-corrected chi connectivity index (χ1v) is 11.1. The Morgan fingerprint density at radius 3 is 2.74 bits per heavy atom. The van der Waals surface area contributed by atoms with Gasteiger partial charge in [0.05, 0.1) is 5.69 Å². The molecule has 1 fully saturated rings. The number of likely N-dealkylation sites (tertiary alicyclic amines) is 1. The van der Waals surface area contributed by atoms with E-state index >= 15 is 0 Å². The van der Waals surface area contributed by atoms with Gasteiger partial charge < -0.3 is 14.5 Å². The Labute approximate surface area is 183 Å². The monoisotopic (exact) mass is 418 g/mol. The van der Waals surface area contributed by atoms with Gasteiger partial charge in [-0.15, -0.1) is 0 Å². The number of fused-ring (bicyclic) bond motifs is 3. The highest BCUT2D eigenvalue weighted by Crippen LogP contribution is 2.46. The lowest BCUT2D eigenvalue weighted by molar-refractivity contribution is -0.122. The molecule has 3 aliphatic rings. The zero-order valence-electron chi connectivity index (χ0n) is 18.7. The molecular weight excluding hydrogens is 388 g/mol. The number of amidine groups is 1. The van der Waals surface area contributed by atoms with Crippen LogP contribution < -0.4 is 15.1 Å². The number of rotatable bonds is 2. The molecule has 1 saturated heterocycles. The van der Waals surface area contributed by atoms with Gasteiger partial charge in [-0.05, 0) is 80.1 Å². The number of ether oxygens (including phenoxy) is 1. The lowest BCUT2D eigenvalue weighted by Gasteiger charge is -2.40. The zero-order valence-corrected chi connectivity index (χ0v) is 18.7. The van der Waals surface area contributed by atoms with E-state index in [0.717, 1.165) is 36.8 Å². The van der Waals surface area contributed by atoms with Gasteiger partial charge in [-0.25, -0.2) is 5.43 Å². The summed E-state index contributed by atoms with van der Waals surface area (Å²) in [6.45, 7) is 8.97. The second-order valence-corrected chi connectivity index (χ2v) is 9.20. The van der Waals surface area contributed by atoms with E-state index in [1.165, 1.54) is 22.3 Å². The van der Waals surface area contributed by atoms with Gasteiger partial charge >= 0.3 is 0 Å². The van der Waals surface area contributed by atoms with Crippen molar-refractivity contribution >= 4 is 17.4 Å². The molecule has 0 radical (unpaired) electrons. The van der Waals surface area contributed by atoms with E-state index in [2.05, 4.69) is 72.7 Å². The van der Waals surface area contributed by atoms with Crippen LogP contribution in [0.1, 0.15) is 37.3 Å². The third kappa shape index (κ3) is 3.39. The summed E-state index contributed by atoms with van der Waals surface area (Å²) in [6, 6.07) is 12.7. The average molecular weight is 419 g/mol. The maximum Gasteiger partial charge on any atom is 0.262 e. The molecule has 3 heterocycles. The van der Waals surface area contributed by atoms with Gasteiger partial charge in [0, 0.05) is 6.54 Å². The smallest absolute Gasteiger partial charge is 0.262 e. The van der Waals surface area contributed by atoms with Crippen LogP contribution in [0.15, 0.2) is 41.5 Å². The molecule has 0 aromatic heterocycles. The minimum Gasteiger partial charge on any atom is -0.483 e. The molecule has 1 N–H and O–H groups in total. The summed E-state index contributed by atoms with van der Waals surface area (Å²) in [6.07, 6.45) is 1.12. The topological polar surface area (TPSA) is 57.2 Å². The molecule has 6 nitrogen and oxygen atoms in total. The Morgan fingerprint density at radius 2 is 1.97 bits per heavy atom. The van der Waals surface area contributed by atoms with Crippen molar-refractivity contribution < 1.29 is 9.53 Å². The average Bonchev–Trinajstić information content (AvgIpc) is 2.75. The summed E-state index contributed by atoms with van der Waals surface area (Å²) >= 11 is 0. The van der Waals surface area contributed by atoms with Crippen LogP contribution in [0.4, 0.5) is 5.69 Å². The second kappa shape index (κ2) is 7.68. The van der Waals surface area contributed by atoms with Crippen molar-refractivity contribution in [3.63, 3.8) is 0 Å². The molecule has 2 aromatic rings. The molecule has 1 amide bonds. The quantitative estimate of drug-likeness (QED) is 0.807. The number of carbonyl (C=O) groups is 1. The summed E-state index contributed by atoms with van der Waals surface area (Å²) in [5.74, 6) is 2.48. The van der Waals surface area contributed by atoms with Gasteiger partial charge in [0.1, 0.15) is 18.4 Å². The normalized spacial score (nSPS) is 25.8. The van der Waals surface area contributed by atoms with Crippen molar-refractivity contribution in [3.05, 3.63) is 47.5 Å². The molecule has 2 aromatic carbocycles. The molecule has 0 bridgehead atoms. The van der Waals surface area contributed by atoms with Crippen molar-refractivity contribution in [3.8, 4) is 16.9 Å². The van der Waals surface area contributed by atoms with Crippen molar-refractivity contribution in [1.82, 2.24) is 10.3 Å². The predicted octanol–water partition coefficient (Wildman–Crippen LogP) is 3.75. The number of amides is 1. The Morgan fingerprint density at radius 1 is 1.16 bits per heavy atom. The summed E-state index contributed by atoms with van der Waals surface area (Å²) in [5, 5.41) is 4.25. The van der Waals surface area contributed by atoms with Crippen LogP contribution in [0.5, 0.6) is 5.75 Å². The predicted molar refractivity (Wildman–Crippen MR) is 124 cm³/mol. The first-order chi connectivity index (χ1) is 14.9. The number of carbonyl (C=O) groups excluding carboxylic acids is 1. The fourth-order valence-electron chi connectivity index (χ4n) is 5.32. The molecule has 0 aliphatic carbocycles. The van der Waals surface area contributed by atoms with Crippen LogP contribution in [-0.2, 0) is 4.79 Å². The molecule has 3 aliphatic heterocycles. The summed E-state index contributed by atoms with van der Waals surface area (Å²) in [7, 11) is 2.20. The minimum absolute atomic E-state index is 0.0891. The first kappa shape index (κ1) is 20.1. The number of piperidine rings is 1. The highest BCUT2D eigenvalue weighted by Gasteiger charge is 2.37. The van der Waals surface area contributed by atoms with E-state index < -0.39 is 0 Å². The number of aryl methyl sites for hydroxylation is 1. The van der Waals surface area contributed by atoms with Crippen LogP contribution in [0.25, 0.3) is 11.1 Å². The Hall–Kier alpha value is -2.86. The molecule has 0 saturated carbocycles. The SMILES string of the molecule is Cc1ccccc1-c1cc2c(cc1[C@@H]1CCN(C)C[C@@H]1C)N1C(=NNC(=O)C1C)CO2. The number of hydrogen-bond donors (Lipinski definition) is 1. The van der Waals surface area contributed by atoms with Gasteiger partial charge in [0.25, 0.3) is 5.91 Å². The van der Waals surface area contributed by atoms with E-state index in [4.69, 9.17) is 4.74 Å². The van der Waals surface area contributed by atoms with Crippen molar-refractivity contribution in [2.24, 2.45) is 11.0 Å². The van der Waals surface area contributed by atoms with Gasteiger partial charge in [0.15, 0.2) is 5.84 Å². The Kier molecular flexibility index (Phi) is 4.97. The molecule has 1 unspecified atom stereocenters. The third-order valence-electron chi connectivity index (χ3n) is 7.03. The summed E-state index contributed by atoms with van der Waals surface area (Å²) < 4.78 is 6.13. The van der Waals surface area contributed by atoms with Crippen molar-refractivity contribution in [1.29, 1.82) is 0 Å². The van der Waals surface area contributed by atoms with E-state index in [-0.39, 0.29) is 11.9 Å². The number of nitrogens with zero attached hydrogens (tertiary/aromatic N) is 3. The molecule has 6 heteroatoms. The molecule has 31 heavy (non-hydrogen) atoms. The number of nitrogens with one attached hydrogen (secondary N) is 1. The third-order valence-corrected chi connectivity index (χ3v) is 7.03. The molecule has 162 valence electrons. The highest BCUT2D eigenvalue weighted by atomic mass is 16.5. The fraction of sp³-hybridized carbons (Fsp3) is 0.440. The number of hydrogen-bond acceptors (Lipinski definition) is 5. The Bertz CT molecular complexity index is 1060. The number of anilines is 1. The van der Waals surface area contributed by atoms with Crippen molar-refractivity contribution in [2.45, 2.75) is 39.2 Å². The van der Waals surface area contributed by atoms with Gasteiger partial charge in [-0.3, -0.25) is 4.79 Å². The van der Waals surface area contributed by atoms with E-state index in [9.17, 15) is 4.79 Å².